The lowest BCUT2D eigenvalue weighted by Gasteiger charge is -2.21. The Morgan fingerprint density at radius 1 is 1.12 bits per heavy atom. The molecule has 2 amide bonds. The molecule has 168 valence electrons. The standard InChI is InChI=1S/C24H27ClN4O3/c1-3-4-14-28(24(31)17-32-2)16-23(30)26-22-15-21(18-8-6-5-7-9-18)27-29(22)20-12-10-19(25)11-13-20/h5-13,15H,3-4,14,16-17H2,1-2H3,(H,26,30). The molecule has 0 aliphatic heterocycles. The lowest BCUT2D eigenvalue weighted by Crippen LogP contribution is -2.40. The van der Waals surface area contributed by atoms with Gasteiger partial charge in [0.1, 0.15) is 12.4 Å². The monoisotopic (exact) mass is 454 g/mol. The van der Waals surface area contributed by atoms with Crippen LogP contribution in [0.15, 0.2) is 60.7 Å². The molecule has 0 radical (unpaired) electrons. The summed E-state index contributed by atoms with van der Waals surface area (Å²) >= 11 is 6.03. The molecule has 3 aromatic rings. The normalized spacial score (nSPS) is 10.7. The lowest BCUT2D eigenvalue weighted by atomic mass is 10.1. The molecule has 2 aromatic carbocycles. The zero-order valence-corrected chi connectivity index (χ0v) is 19.0. The van der Waals surface area contributed by atoms with Crippen LogP contribution in [0.5, 0.6) is 0 Å². The fourth-order valence-corrected chi connectivity index (χ4v) is 3.34. The van der Waals surface area contributed by atoms with Gasteiger partial charge >= 0.3 is 0 Å². The second-order valence-electron chi connectivity index (χ2n) is 7.32. The summed E-state index contributed by atoms with van der Waals surface area (Å²) in [5.74, 6) is -0.0154. The van der Waals surface area contributed by atoms with E-state index in [-0.39, 0.29) is 25.0 Å². The fraction of sp³-hybridized carbons (Fsp3) is 0.292. The van der Waals surface area contributed by atoms with E-state index in [2.05, 4.69) is 10.4 Å². The molecule has 0 aliphatic carbocycles. The first-order valence-electron chi connectivity index (χ1n) is 10.5. The third-order valence-electron chi connectivity index (χ3n) is 4.85. The van der Waals surface area contributed by atoms with E-state index in [1.165, 1.54) is 12.0 Å². The fourth-order valence-electron chi connectivity index (χ4n) is 3.21. The number of benzene rings is 2. The van der Waals surface area contributed by atoms with E-state index in [4.69, 9.17) is 16.3 Å². The predicted octanol–water partition coefficient (Wildman–Crippen LogP) is 4.41. The van der Waals surface area contributed by atoms with Gasteiger partial charge in [0, 0.05) is 30.3 Å². The summed E-state index contributed by atoms with van der Waals surface area (Å²) < 4.78 is 6.61. The maximum absolute atomic E-state index is 12.9. The van der Waals surface area contributed by atoms with Gasteiger partial charge in [-0.25, -0.2) is 4.68 Å². The molecular formula is C24H27ClN4O3. The van der Waals surface area contributed by atoms with Gasteiger partial charge in [0.05, 0.1) is 17.9 Å². The number of ether oxygens (including phenoxy) is 1. The van der Waals surface area contributed by atoms with E-state index in [1.54, 1.807) is 16.8 Å². The zero-order valence-electron chi connectivity index (χ0n) is 18.3. The van der Waals surface area contributed by atoms with Gasteiger partial charge in [-0.3, -0.25) is 9.59 Å². The van der Waals surface area contributed by atoms with E-state index in [0.717, 1.165) is 24.1 Å². The highest BCUT2D eigenvalue weighted by atomic mass is 35.5. The minimum Gasteiger partial charge on any atom is -0.375 e. The van der Waals surface area contributed by atoms with Crippen molar-refractivity contribution in [3.05, 3.63) is 65.7 Å². The van der Waals surface area contributed by atoms with Crippen LogP contribution in [-0.2, 0) is 14.3 Å². The van der Waals surface area contributed by atoms with Crippen molar-refractivity contribution in [3.8, 4) is 16.9 Å². The van der Waals surface area contributed by atoms with Crippen LogP contribution in [0.1, 0.15) is 19.8 Å². The Hall–Kier alpha value is -3.16. The molecule has 0 atom stereocenters. The molecule has 0 spiro atoms. The SMILES string of the molecule is CCCCN(CC(=O)Nc1cc(-c2ccccc2)nn1-c1ccc(Cl)cc1)C(=O)COC. The number of rotatable bonds is 10. The highest BCUT2D eigenvalue weighted by Crippen LogP contribution is 2.25. The van der Waals surface area contributed by atoms with Gasteiger partial charge in [-0.2, -0.15) is 5.10 Å². The number of hydrogen-bond donors (Lipinski definition) is 1. The summed E-state index contributed by atoms with van der Waals surface area (Å²) in [4.78, 5) is 26.7. The lowest BCUT2D eigenvalue weighted by molar-refractivity contribution is -0.138. The Bertz CT molecular complexity index is 1040. The maximum Gasteiger partial charge on any atom is 0.249 e. The molecule has 0 aliphatic rings. The zero-order chi connectivity index (χ0) is 22.9. The number of nitrogens with one attached hydrogen (secondary N) is 1. The van der Waals surface area contributed by atoms with Crippen LogP contribution in [0.3, 0.4) is 0 Å². The summed E-state index contributed by atoms with van der Waals surface area (Å²) in [6, 6.07) is 18.7. The van der Waals surface area contributed by atoms with Crippen molar-refractivity contribution >= 4 is 29.2 Å². The number of hydrogen-bond acceptors (Lipinski definition) is 4. The molecule has 1 heterocycles. The number of carbonyl (C=O) groups excluding carboxylic acids is 2. The topological polar surface area (TPSA) is 76.5 Å². The molecule has 0 unspecified atom stereocenters. The molecule has 1 N–H and O–H groups in total. The highest BCUT2D eigenvalue weighted by molar-refractivity contribution is 6.30. The van der Waals surface area contributed by atoms with Crippen LogP contribution in [0.2, 0.25) is 5.02 Å². The number of carbonyl (C=O) groups is 2. The van der Waals surface area contributed by atoms with Crippen molar-refractivity contribution in [1.29, 1.82) is 0 Å². The van der Waals surface area contributed by atoms with Crippen LogP contribution < -0.4 is 5.32 Å². The Balaban J connectivity index is 1.86. The first kappa shape index (κ1) is 23.5. The van der Waals surface area contributed by atoms with Gasteiger partial charge in [0.15, 0.2) is 0 Å². The molecule has 32 heavy (non-hydrogen) atoms. The number of methoxy groups -OCH3 is 1. The molecular weight excluding hydrogens is 428 g/mol. The molecule has 0 saturated carbocycles. The third kappa shape index (κ3) is 6.18. The van der Waals surface area contributed by atoms with E-state index in [9.17, 15) is 9.59 Å². The van der Waals surface area contributed by atoms with Crippen LogP contribution in [0, 0.1) is 0 Å². The van der Waals surface area contributed by atoms with E-state index in [1.807, 2.05) is 55.5 Å². The summed E-state index contributed by atoms with van der Waals surface area (Å²) in [5.41, 5.74) is 2.40. The van der Waals surface area contributed by atoms with Gasteiger partial charge in [0.2, 0.25) is 11.8 Å². The second-order valence-corrected chi connectivity index (χ2v) is 7.76. The van der Waals surface area contributed by atoms with Crippen LogP contribution >= 0.6 is 11.6 Å². The van der Waals surface area contributed by atoms with Gasteiger partial charge in [-0.05, 0) is 30.7 Å². The van der Waals surface area contributed by atoms with Gasteiger partial charge in [0.25, 0.3) is 0 Å². The van der Waals surface area contributed by atoms with Crippen molar-refractivity contribution in [2.45, 2.75) is 19.8 Å². The van der Waals surface area contributed by atoms with E-state index in [0.29, 0.717) is 23.1 Å². The quantitative estimate of drug-likeness (QED) is 0.492. The molecule has 0 bridgehead atoms. The molecule has 1 aromatic heterocycles. The summed E-state index contributed by atoms with van der Waals surface area (Å²) in [5, 5.41) is 8.21. The van der Waals surface area contributed by atoms with E-state index < -0.39 is 0 Å². The first-order chi connectivity index (χ1) is 15.5. The molecule has 7 nitrogen and oxygen atoms in total. The summed E-state index contributed by atoms with van der Waals surface area (Å²) in [6.45, 7) is 2.42. The minimum absolute atomic E-state index is 0.0577. The van der Waals surface area contributed by atoms with Crippen molar-refractivity contribution in [1.82, 2.24) is 14.7 Å². The molecule has 3 rings (SSSR count). The number of unbranched alkanes of at least 4 members (excludes halogenated alkanes) is 1. The van der Waals surface area contributed by atoms with E-state index >= 15 is 0 Å². The number of halogens is 1. The average Bonchev–Trinajstić information content (AvgIpc) is 3.21. The average molecular weight is 455 g/mol. The Morgan fingerprint density at radius 2 is 1.84 bits per heavy atom. The van der Waals surface area contributed by atoms with Gasteiger partial charge in [-0.1, -0.05) is 55.3 Å². The number of anilines is 1. The maximum atomic E-state index is 12.9. The van der Waals surface area contributed by atoms with Crippen LogP contribution in [0.4, 0.5) is 5.82 Å². The Morgan fingerprint density at radius 3 is 2.50 bits per heavy atom. The minimum atomic E-state index is -0.305. The Kier molecular flexibility index (Phi) is 8.41. The smallest absolute Gasteiger partial charge is 0.249 e. The number of aromatic nitrogens is 2. The number of nitrogens with zero attached hydrogens (tertiary/aromatic N) is 3. The van der Waals surface area contributed by atoms with Crippen LogP contribution in [0.25, 0.3) is 16.9 Å². The first-order valence-corrected chi connectivity index (χ1v) is 10.9. The van der Waals surface area contributed by atoms with Gasteiger partial charge in [-0.15, -0.1) is 0 Å². The number of amides is 2. The molecule has 0 fully saturated rings. The van der Waals surface area contributed by atoms with Crippen LogP contribution in [-0.4, -0.2) is 53.3 Å². The van der Waals surface area contributed by atoms with Crippen molar-refractivity contribution < 1.29 is 14.3 Å². The third-order valence-corrected chi connectivity index (χ3v) is 5.11. The van der Waals surface area contributed by atoms with Crippen molar-refractivity contribution in [2.75, 3.05) is 32.1 Å². The largest absolute Gasteiger partial charge is 0.375 e. The highest BCUT2D eigenvalue weighted by Gasteiger charge is 2.19. The summed E-state index contributed by atoms with van der Waals surface area (Å²) in [6.07, 6.45) is 1.73. The predicted molar refractivity (Wildman–Crippen MR) is 126 cm³/mol. The molecule has 0 saturated heterocycles. The second kappa shape index (κ2) is 11.5. The Labute approximate surface area is 192 Å². The van der Waals surface area contributed by atoms with Crippen molar-refractivity contribution in [3.63, 3.8) is 0 Å². The van der Waals surface area contributed by atoms with Crippen molar-refractivity contribution in [2.24, 2.45) is 0 Å². The molecule has 8 heteroatoms. The van der Waals surface area contributed by atoms with Gasteiger partial charge < -0.3 is 15.0 Å². The summed E-state index contributed by atoms with van der Waals surface area (Å²) in [7, 11) is 1.46.